The number of benzene rings is 1. The first-order chi connectivity index (χ1) is 5.55. The lowest BCUT2D eigenvalue weighted by Gasteiger charge is -2.21. The van der Waals surface area contributed by atoms with Gasteiger partial charge in [-0.3, -0.25) is 4.79 Å². The number of rotatable bonds is 2. The molecule has 1 atom stereocenters. The fraction of sp³-hybridized carbons (Fsp3) is 0.300. The molecule has 0 amide bonds. The molecule has 1 aromatic rings. The molecular weight excluding hydrogens is 147 g/mol. The van der Waals surface area contributed by atoms with Crippen molar-refractivity contribution in [2.45, 2.75) is 19.2 Å². The van der Waals surface area contributed by atoms with E-state index >= 15 is 0 Å². The third-order valence-electron chi connectivity index (χ3n) is 2.10. The summed E-state index contributed by atoms with van der Waals surface area (Å²) in [6.07, 6.45) is 0. The molecule has 1 rings (SSSR count). The molecule has 0 aliphatic carbocycles. The molecule has 60 valence electrons. The van der Waals surface area contributed by atoms with E-state index in [-0.39, 0.29) is 5.78 Å². The highest BCUT2D eigenvalue weighted by atomic mass is 16.1. The molecule has 0 heterocycles. The van der Waals surface area contributed by atoms with E-state index in [1.165, 1.54) is 6.92 Å². The number of carbonyl (C=O) groups excluding carboxylic acids is 1. The SMILES string of the molecule is [B]C(C)(C(C)=O)c1ccccc1. The van der Waals surface area contributed by atoms with Crippen molar-refractivity contribution in [1.82, 2.24) is 0 Å². The Balaban J connectivity index is 3.06. The number of Topliss-reactive ketones (excluding diaryl/α,β-unsaturated/α-hetero) is 1. The van der Waals surface area contributed by atoms with Gasteiger partial charge in [0.25, 0.3) is 0 Å². The average molecular weight is 158 g/mol. The summed E-state index contributed by atoms with van der Waals surface area (Å²) in [5, 5.41) is -0.846. The molecule has 1 aromatic carbocycles. The van der Waals surface area contributed by atoms with Crippen molar-refractivity contribution >= 4 is 13.6 Å². The molecule has 0 saturated carbocycles. The number of hydrogen-bond acceptors (Lipinski definition) is 1. The first-order valence-corrected chi connectivity index (χ1v) is 3.90. The molecule has 0 aromatic heterocycles. The molecule has 1 nitrogen and oxygen atoms in total. The van der Waals surface area contributed by atoms with Crippen molar-refractivity contribution in [3.8, 4) is 0 Å². The largest absolute Gasteiger partial charge is 0.300 e. The zero-order chi connectivity index (χ0) is 9.19. The van der Waals surface area contributed by atoms with E-state index in [1.807, 2.05) is 30.3 Å². The summed E-state index contributed by atoms with van der Waals surface area (Å²) in [7, 11) is 5.83. The van der Waals surface area contributed by atoms with Gasteiger partial charge in [-0.05, 0) is 12.5 Å². The van der Waals surface area contributed by atoms with Crippen LogP contribution in [0, 0.1) is 0 Å². The van der Waals surface area contributed by atoms with Crippen LogP contribution in [0.2, 0.25) is 0 Å². The van der Waals surface area contributed by atoms with Gasteiger partial charge in [-0.2, -0.15) is 0 Å². The Labute approximate surface area is 74.2 Å². The maximum Gasteiger partial charge on any atom is 0.131 e. The van der Waals surface area contributed by atoms with Crippen LogP contribution >= 0.6 is 0 Å². The first kappa shape index (κ1) is 9.05. The molecule has 0 fully saturated rings. The van der Waals surface area contributed by atoms with Crippen molar-refractivity contribution < 1.29 is 4.79 Å². The zero-order valence-electron chi connectivity index (χ0n) is 7.37. The lowest BCUT2D eigenvalue weighted by molar-refractivity contribution is -0.119. The van der Waals surface area contributed by atoms with Gasteiger partial charge >= 0.3 is 0 Å². The molecule has 1 unspecified atom stereocenters. The number of hydrogen-bond donors (Lipinski definition) is 0. The minimum absolute atomic E-state index is 0.0197. The van der Waals surface area contributed by atoms with E-state index < -0.39 is 5.31 Å². The average Bonchev–Trinajstić information content (AvgIpc) is 2.06. The molecule has 0 bridgehead atoms. The predicted molar refractivity (Wildman–Crippen MR) is 50.2 cm³/mol. The second-order valence-corrected chi connectivity index (χ2v) is 3.12. The third kappa shape index (κ3) is 1.58. The number of ketones is 1. The summed E-state index contributed by atoms with van der Waals surface area (Å²) in [6.45, 7) is 3.23. The Hall–Kier alpha value is -1.05. The smallest absolute Gasteiger partial charge is 0.131 e. The highest BCUT2D eigenvalue weighted by Crippen LogP contribution is 2.19. The minimum atomic E-state index is -0.846. The summed E-state index contributed by atoms with van der Waals surface area (Å²) < 4.78 is 0. The maximum atomic E-state index is 11.1. The summed E-state index contributed by atoms with van der Waals surface area (Å²) >= 11 is 0. The molecule has 0 saturated heterocycles. The monoisotopic (exact) mass is 158 g/mol. The van der Waals surface area contributed by atoms with Crippen LogP contribution in [0.3, 0.4) is 0 Å². The van der Waals surface area contributed by atoms with Crippen molar-refractivity contribution in [2.75, 3.05) is 0 Å². The normalized spacial score (nSPS) is 15.2. The molecule has 0 aliphatic rings. The van der Waals surface area contributed by atoms with Crippen molar-refractivity contribution in [3.05, 3.63) is 35.9 Å². The highest BCUT2D eigenvalue weighted by molar-refractivity contribution is 6.28. The van der Waals surface area contributed by atoms with Gasteiger partial charge < -0.3 is 0 Å². The fourth-order valence-corrected chi connectivity index (χ4v) is 0.988. The minimum Gasteiger partial charge on any atom is -0.300 e. The quantitative estimate of drug-likeness (QED) is 0.598. The van der Waals surface area contributed by atoms with Gasteiger partial charge in [0.2, 0.25) is 0 Å². The van der Waals surface area contributed by atoms with Gasteiger partial charge in [0.05, 0.1) is 7.85 Å². The van der Waals surface area contributed by atoms with Crippen LogP contribution in [0.1, 0.15) is 19.4 Å². The predicted octanol–water partition coefficient (Wildman–Crippen LogP) is 1.66. The van der Waals surface area contributed by atoms with Crippen molar-refractivity contribution in [3.63, 3.8) is 0 Å². The molecule has 0 spiro atoms. The van der Waals surface area contributed by atoms with Gasteiger partial charge in [-0.25, -0.2) is 0 Å². The van der Waals surface area contributed by atoms with Crippen molar-refractivity contribution in [2.24, 2.45) is 0 Å². The van der Waals surface area contributed by atoms with Crippen LogP contribution < -0.4 is 0 Å². The van der Waals surface area contributed by atoms with Gasteiger partial charge in [-0.1, -0.05) is 37.3 Å². The van der Waals surface area contributed by atoms with E-state index in [4.69, 9.17) is 7.85 Å². The summed E-state index contributed by atoms with van der Waals surface area (Å²) in [5.74, 6) is -0.0197. The van der Waals surface area contributed by atoms with Crippen LogP contribution in [0.5, 0.6) is 0 Å². The van der Waals surface area contributed by atoms with E-state index in [1.54, 1.807) is 6.92 Å². The Bertz CT molecular complexity index is 277. The second-order valence-electron chi connectivity index (χ2n) is 3.12. The Morgan fingerprint density at radius 2 is 1.83 bits per heavy atom. The Morgan fingerprint density at radius 3 is 2.25 bits per heavy atom. The van der Waals surface area contributed by atoms with Crippen molar-refractivity contribution in [1.29, 1.82) is 0 Å². The van der Waals surface area contributed by atoms with E-state index in [2.05, 4.69) is 0 Å². The van der Waals surface area contributed by atoms with Crippen LogP contribution in [0.15, 0.2) is 30.3 Å². The molecular formula is C10H11BO. The summed E-state index contributed by atoms with van der Waals surface area (Å²) in [4.78, 5) is 11.1. The zero-order valence-corrected chi connectivity index (χ0v) is 7.37. The summed E-state index contributed by atoms with van der Waals surface area (Å²) in [5.41, 5.74) is 0.859. The third-order valence-corrected chi connectivity index (χ3v) is 2.10. The summed E-state index contributed by atoms with van der Waals surface area (Å²) in [6, 6.07) is 9.38. The van der Waals surface area contributed by atoms with Gasteiger partial charge in [-0.15, -0.1) is 0 Å². The van der Waals surface area contributed by atoms with Gasteiger partial charge in [0.1, 0.15) is 5.78 Å². The maximum absolute atomic E-state index is 11.1. The topological polar surface area (TPSA) is 17.1 Å². The van der Waals surface area contributed by atoms with Gasteiger partial charge in [0, 0.05) is 5.31 Å². The van der Waals surface area contributed by atoms with Crippen LogP contribution in [0.25, 0.3) is 0 Å². The number of carbonyl (C=O) groups is 1. The molecule has 12 heavy (non-hydrogen) atoms. The van der Waals surface area contributed by atoms with E-state index in [0.29, 0.717) is 0 Å². The van der Waals surface area contributed by atoms with E-state index in [9.17, 15) is 4.79 Å². The fourth-order valence-electron chi connectivity index (χ4n) is 0.988. The van der Waals surface area contributed by atoms with Crippen LogP contribution in [-0.4, -0.2) is 13.6 Å². The lowest BCUT2D eigenvalue weighted by Crippen LogP contribution is -2.30. The molecule has 2 radical (unpaired) electrons. The Kier molecular flexibility index (Phi) is 2.36. The van der Waals surface area contributed by atoms with Crippen LogP contribution in [-0.2, 0) is 10.1 Å². The van der Waals surface area contributed by atoms with Crippen LogP contribution in [0.4, 0.5) is 0 Å². The van der Waals surface area contributed by atoms with Gasteiger partial charge in [0.15, 0.2) is 0 Å². The first-order valence-electron chi connectivity index (χ1n) is 3.90. The molecule has 2 heteroatoms. The molecule has 0 N–H and O–H groups in total. The molecule has 0 aliphatic heterocycles. The highest BCUT2D eigenvalue weighted by Gasteiger charge is 2.24. The second kappa shape index (κ2) is 3.14. The Morgan fingerprint density at radius 1 is 1.33 bits per heavy atom. The van der Waals surface area contributed by atoms with E-state index in [0.717, 1.165) is 5.56 Å². The standard InChI is InChI=1S/C10H11BO/c1-8(12)10(2,11)9-6-4-3-5-7-9/h3-7H,1-2H3. The lowest BCUT2D eigenvalue weighted by atomic mass is 9.63.